The minimum absolute atomic E-state index is 0.0418. The number of unbranched alkanes of at least 4 members (excludes halogenated alkanes) is 4. The first kappa shape index (κ1) is 45.3. The molecule has 0 fully saturated rings. The van der Waals surface area contributed by atoms with Gasteiger partial charge in [-0.25, -0.2) is 4.79 Å². The molecule has 274 valence electrons. The molecule has 1 unspecified atom stereocenters. The van der Waals surface area contributed by atoms with E-state index in [-0.39, 0.29) is 61.2 Å². The lowest BCUT2D eigenvalue weighted by Gasteiger charge is -2.27. The molecule has 0 saturated carbocycles. The Kier molecular flexibility index (Phi) is 28.1. The minimum atomic E-state index is -1.14. The fraction of sp³-hybridized carbons (Fsp3) is 0.839. The minimum Gasteiger partial charge on any atom is -0.480 e. The highest BCUT2D eigenvalue weighted by Crippen LogP contribution is 2.35. The van der Waals surface area contributed by atoms with Gasteiger partial charge in [0.15, 0.2) is 0 Å². The first-order valence-electron chi connectivity index (χ1n) is 16.4. The summed E-state index contributed by atoms with van der Waals surface area (Å²) in [5.41, 5.74) is 0. The largest absolute Gasteiger partial charge is 0.480 e. The summed E-state index contributed by atoms with van der Waals surface area (Å²) in [7, 11) is 3.48. The molecule has 1 atom stereocenters. The van der Waals surface area contributed by atoms with Crippen LogP contribution in [0.1, 0.15) is 85.0 Å². The Hall–Kier alpha value is -1.72. The number of hydrogen-bond donors (Lipinski definition) is 6. The van der Waals surface area contributed by atoms with Crippen molar-refractivity contribution in [2.45, 2.75) is 96.0 Å². The van der Waals surface area contributed by atoms with Crippen LogP contribution in [0.2, 0.25) is 0 Å². The van der Waals surface area contributed by atoms with Crippen molar-refractivity contribution < 1.29 is 38.9 Å². The Morgan fingerprint density at radius 2 is 1.17 bits per heavy atom. The van der Waals surface area contributed by atoms with Crippen molar-refractivity contribution in [3.8, 4) is 0 Å². The van der Waals surface area contributed by atoms with E-state index in [1.807, 2.05) is 6.26 Å². The molecule has 16 heteroatoms. The number of nitrogens with one attached hydrogen (secondary N) is 4. The van der Waals surface area contributed by atoms with Gasteiger partial charge in [0.05, 0.1) is 6.61 Å². The lowest BCUT2D eigenvalue weighted by Crippen LogP contribution is -2.46. The molecule has 47 heavy (non-hydrogen) atoms. The first-order chi connectivity index (χ1) is 22.3. The second kappa shape index (κ2) is 29.2. The third-order valence-corrected chi connectivity index (χ3v) is 10.4. The number of carboxylic acids is 1. The Labute approximate surface area is 293 Å². The number of nitrogens with zero attached hydrogens (tertiary/aromatic N) is 1. The molecule has 0 bridgehead atoms. The van der Waals surface area contributed by atoms with Crippen LogP contribution in [-0.2, 0) is 28.7 Å². The van der Waals surface area contributed by atoms with E-state index in [1.165, 1.54) is 0 Å². The fourth-order valence-corrected chi connectivity index (χ4v) is 6.63. The summed E-state index contributed by atoms with van der Waals surface area (Å²) in [4.78, 5) is 60.5. The predicted molar refractivity (Wildman–Crippen MR) is 192 cm³/mol. The van der Waals surface area contributed by atoms with E-state index in [9.17, 15) is 29.1 Å². The number of rotatable bonds is 30. The van der Waals surface area contributed by atoms with Crippen molar-refractivity contribution in [3.05, 3.63) is 0 Å². The van der Waals surface area contributed by atoms with Crippen LogP contribution in [0.3, 0.4) is 0 Å². The van der Waals surface area contributed by atoms with Gasteiger partial charge >= 0.3 is 5.97 Å². The molecule has 4 amide bonds. The average molecular weight is 726 g/mol. The number of hydrogen-bond acceptors (Lipinski definition) is 11. The quantitative estimate of drug-likeness (QED) is 0.0362. The third kappa shape index (κ3) is 31.3. The Morgan fingerprint density at radius 3 is 1.64 bits per heavy atom. The maximum atomic E-state index is 12.3. The highest BCUT2D eigenvalue weighted by Gasteiger charge is 2.17. The number of aliphatic hydroxyl groups is 1. The highest BCUT2D eigenvalue weighted by molar-refractivity contribution is 8.77. The molecule has 0 aliphatic rings. The predicted octanol–water partition coefficient (Wildman–Crippen LogP) is 2.62. The van der Waals surface area contributed by atoms with Gasteiger partial charge in [-0.2, -0.15) is 11.8 Å². The van der Waals surface area contributed by atoms with Crippen molar-refractivity contribution in [1.82, 2.24) is 26.2 Å². The SMILES string of the molecule is CSCCC(=O)NCCCCCC(=O)NCCN(CCNC(=O)CCCCCNC(=O)CCSSC(C)(C)C)C(O)COCC(=O)O. The molecule has 0 aliphatic heterocycles. The van der Waals surface area contributed by atoms with Gasteiger partial charge in [0.2, 0.25) is 23.6 Å². The number of thioether (sulfide) groups is 1. The lowest BCUT2D eigenvalue weighted by molar-refractivity contribution is -0.145. The van der Waals surface area contributed by atoms with Crippen LogP contribution < -0.4 is 21.3 Å². The van der Waals surface area contributed by atoms with Crippen LogP contribution in [0, 0.1) is 0 Å². The number of carbonyl (C=O) groups is 5. The van der Waals surface area contributed by atoms with E-state index < -0.39 is 18.8 Å². The summed E-state index contributed by atoms with van der Waals surface area (Å²) < 4.78 is 5.20. The molecule has 13 nitrogen and oxygen atoms in total. The van der Waals surface area contributed by atoms with Crippen molar-refractivity contribution >= 4 is 62.9 Å². The van der Waals surface area contributed by atoms with Crippen LogP contribution in [0.5, 0.6) is 0 Å². The van der Waals surface area contributed by atoms with Crippen LogP contribution in [0.15, 0.2) is 0 Å². The van der Waals surface area contributed by atoms with E-state index in [0.717, 1.165) is 37.2 Å². The third-order valence-electron chi connectivity index (χ3n) is 6.42. The van der Waals surface area contributed by atoms with Crippen molar-refractivity contribution in [3.63, 3.8) is 0 Å². The molecule has 0 spiro atoms. The van der Waals surface area contributed by atoms with Crippen molar-refractivity contribution in [2.24, 2.45) is 0 Å². The maximum absolute atomic E-state index is 12.3. The number of aliphatic hydroxyl groups excluding tert-OH is 1. The van der Waals surface area contributed by atoms with Crippen molar-refractivity contribution in [1.29, 1.82) is 0 Å². The van der Waals surface area contributed by atoms with Crippen LogP contribution in [0.4, 0.5) is 0 Å². The van der Waals surface area contributed by atoms with E-state index in [4.69, 9.17) is 9.84 Å². The molecule has 0 aromatic carbocycles. The average Bonchev–Trinajstić information content (AvgIpc) is 3.00. The summed E-state index contributed by atoms with van der Waals surface area (Å²) >= 11 is 1.63. The van der Waals surface area contributed by atoms with Crippen molar-refractivity contribution in [2.75, 3.05) is 70.2 Å². The zero-order valence-corrected chi connectivity index (χ0v) is 31.2. The summed E-state index contributed by atoms with van der Waals surface area (Å²) in [6.07, 6.45) is 7.14. The van der Waals surface area contributed by atoms with E-state index in [0.29, 0.717) is 51.6 Å². The van der Waals surface area contributed by atoms with Gasteiger partial charge in [0, 0.05) is 81.2 Å². The molecule has 6 N–H and O–H groups in total. The maximum Gasteiger partial charge on any atom is 0.329 e. The molecule has 0 radical (unpaired) electrons. The van der Waals surface area contributed by atoms with E-state index in [2.05, 4.69) is 42.0 Å². The van der Waals surface area contributed by atoms with Gasteiger partial charge < -0.3 is 36.2 Å². The molecule has 0 aliphatic carbocycles. The molecular weight excluding hydrogens is 667 g/mol. The molecule has 0 rings (SSSR count). The van der Waals surface area contributed by atoms with Crippen LogP contribution >= 0.6 is 33.3 Å². The number of ether oxygens (including phenoxy) is 1. The normalized spacial score (nSPS) is 12.0. The van der Waals surface area contributed by atoms with Gasteiger partial charge in [-0.1, -0.05) is 55.2 Å². The standard InChI is InChI=1S/C31H59N5O8S3/c1-31(2,3)47-46-22-14-28(40)33-16-10-6-8-12-26(38)35-18-20-36(29(41)23-44-24-30(42)43)19-17-34-25(37)11-7-5-9-15-32-27(39)13-21-45-4/h29,41H,5-24H2,1-4H3,(H,32,39)(H,33,40)(H,34,37)(H,35,38)(H,42,43). The number of amides is 4. The number of aliphatic carboxylic acids is 1. The molecule has 0 saturated heterocycles. The smallest absolute Gasteiger partial charge is 0.329 e. The zero-order valence-electron chi connectivity index (χ0n) is 28.7. The van der Waals surface area contributed by atoms with Gasteiger partial charge in [-0.05, 0) is 31.9 Å². The summed E-state index contributed by atoms with van der Waals surface area (Å²) in [5.74, 6) is 0.274. The second-order valence-electron chi connectivity index (χ2n) is 12.0. The number of carbonyl (C=O) groups excluding carboxylic acids is 4. The van der Waals surface area contributed by atoms with Gasteiger partial charge in [0.1, 0.15) is 12.8 Å². The van der Waals surface area contributed by atoms with E-state index in [1.54, 1.807) is 38.2 Å². The van der Waals surface area contributed by atoms with Gasteiger partial charge in [0.25, 0.3) is 0 Å². The topological polar surface area (TPSA) is 186 Å². The highest BCUT2D eigenvalue weighted by atomic mass is 33.1. The second-order valence-corrected chi connectivity index (χ2v) is 16.2. The summed E-state index contributed by atoms with van der Waals surface area (Å²) in [6.45, 7) is 7.92. The lowest BCUT2D eigenvalue weighted by atomic mass is 10.2. The Balaban J connectivity index is 4.23. The molecule has 0 heterocycles. The monoisotopic (exact) mass is 725 g/mol. The fourth-order valence-electron chi connectivity index (χ4n) is 3.98. The Morgan fingerprint density at radius 1 is 0.702 bits per heavy atom. The molecular formula is C31H59N5O8S3. The number of carboxylic acid groups (broad SMARTS) is 1. The molecule has 0 aromatic rings. The zero-order chi connectivity index (χ0) is 35.3. The van der Waals surface area contributed by atoms with E-state index >= 15 is 0 Å². The first-order valence-corrected chi connectivity index (χ1v) is 20.1. The van der Waals surface area contributed by atoms with Crippen LogP contribution in [-0.4, -0.2) is 126 Å². The molecule has 0 aromatic heterocycles. The van der Waals surface area contributed by atoms with Gasteiger partial charge in [-0.15, -0.1) is 0 Å². The van der Waals surface area contributed by atoms with Crippen LogP contribution in [0.25, 0.3) is 0 Å². The Bertz CT molecular complexity index is 896. The van der Waals surface area contributed by atoms with Gasteiger partial charge in [-0.3, -0.25) is 24.1 Å². The summed E-state index contributed by atoms with van der Waals surface area (Å²) in [5, 5.41) is 30.8. The summed E-state index contributed by atoms with van der Waals surface area (Å²) in [6, 6.07) is 0.